The summed E-state index contributed by atoms with van der Waals surface area (Å²) in [4.78, 5) is 0. The molecule has 16 heavy (non-hydrogen) atoms. The van der Waals surface area contributed by atoms with Crippen LogP contribution in [0.25, 0.3) is 0 Å². The van der Waals surface area contributed by atoms with Crippen molar-refractivity contribution in [2.24, 2.45) is 11.7 Å². The lowest BCUT2D eigenvalue weighted by Crippen LogP contribution is -2.34. The third-order valence-corrected chi connectivity index (χ3v) is 3.65. The zero-order valence-electron chi connectivity index (χ0n) is 10.9. The number of rotatable bonds is 6. The molecule has 0 saturated heterocycles. The van der Waals surface area contributed by atoms with Crippen LogP contribution in [-0.4, -0.2) is 6.54 Å². The molecule has 0 aliphatic heterocycles. The molecular weight excluding hydrogens is 194 g/mol. The molecule has 1 nitrogen and oxygen atoms in total. The molecule has 0 saturated carbocycles. The zero-order valence-corrected chi connectivity index (χ0v) is 10.9. The molecular formula is C15H25N. The van der Waals surface area contributed by atoms with Gasteiger partial charge in [-0.15, -0.1) is 0 Å². The Hall–Kier alpha value is -0.820. The Morgan fingerprint density at radius 1 is 1.19 bits per heavy atom. The van der Waals surface area contributed by atoms with Gasteiger partial charge in [0.25, 0.3) is 0 Å². The van der Waals surface area contributed by atoms with Gasteiger partial charge in [-0.3, -0.25) is 0 Å². The van der Waals surface area contributed by atoms with Crippen LogP contribution in [0.3, 0.4) is 0 Å². The first-order valence-electron chi connectivity index (χ1n) is 6.40. The molecule has 1 rings (SSSR count). The third kappa shape index (κ3) is 3.08. The van der Waals surface area contributed by atoms with Gasteiger partial charge in [0.05, 0.1) is 0 Å². The smallest absolute Gasteiger partial charge is 0.00730 e. The van der Waals surface area contributed by atoms with E-state index in [2.05, 4.69) is 51.1 Å². The fraction of sp³-hybridized carbons (Fsp3) is 0.600. The highest BCUT2D eigenvalue weighted by molar-refractivity contribution is 5.25. The summed E-state index contributed by atoms with van der Waals surface area (Å²) in [6, 6.07) is 10.7. The van der Waals surface area contributed by atoms with E-state index in [1.54, 1.807) is 0 Å². The predicted molar refractivity (Wildman–Crippen MR) is 71.5 cm³/mol. The first kappa shape index (κ1) is 13.2. The summed E-state index contributed by atoms with van der Waals surface area (Å²) in [6.45, 7) is 7.56. The molecule has 90 valence electrons. The van der Waals surface area contributed by atoms with E-state index in [4.69, 9.17) is 5.73 Å². The molecule has 0 bridgehead atoms. The van der Waals surface area contributed by atoms with Crippen molar-refractivity contribution in [2.45, 2.75) is 45.4 Å². The van der Waals surface area contributed by atoms with Crippen LogP contribution < -0.4 is 5.73 Å². The zero-order chi connectivity index (χ0) is 12.0. The van der Waals surface area contributed by atoms with Crippen molar-refractivity contribution in [1.82, 2.24) is 0 Å². The third-order valence-electron chi connectivity index (χ3n) is 3.65. The van der Waals surface area contributed by atoms with Gasteiger partial charge in [0, 0.05) is 12.0 Å². The van der Waals surface area contributed by atoms with Crippen molar-refractivity contribution in [3.8, 4) is 0 Å². The summed E-state index contributed by atoms with van der Waals surface area (Å²) >= 11 is 0. The van der Waals surface area contributed by atoms with E-state index in [0.29, 0.717) is 0 Å². The minimum atomic E-state index is 0.186. The second-order valence-electron chi connectivity index (χ2n) is 5.14. The van der Waals surface area contributed by atoms with E-state index < -0.39 is 0 Å². The SMILES string of the molecule is CCC(CN)(CCC(C)C)c1ccccc1. The molecule has 0 spiro atoms. The normalized spacial score (nSPS) is 15.1. The van der Waals surface area contributed by atoms with E-state index in [9.17, 15) is 0 Å². The molecule has 0 aliphatic carbocycles. The molecule has 0 aliphatic rings. The Morgan fingerprint density at radius 2 is 1.81 bits per heavy atom. The summed E-state index contributed by atoms with van der Waals surface area (Å²) in [6.07, 6.45) is 3.57. The van der Waals surface area contributed by atoms with Crippen molar-refractivity contribution in [2.75, 3.05) is 6.54 Å². The Labute approximate surface area is 100 Å². The summed E-state index contributed by atoms with van der Waals surface area (Å²) in [5.41, 5.74) is 7.63. The van der Waals surface area contributed by atoms with Crippen LogP contribution in [-0.2, 0) is 5.41 Å². The summed E-state index contributed by atoms with van der Waals surface area (Å²) in [5, 5.41) is 0. The van der Waals surface area contributed by atoms with Crippen molar-refractivity contribution in [3.05, 3.63) is 35.9 Å². The van der Waals surface area contributed by atoms with Crippen molar-refractivity contribution in [3.63, 3.8) is 0 Å². The highest BCUT2D eigenvalue weighted by Gasteiger charge is 2.28. The lowest BCUT2D eigenvalue weighted by molar-refractivity contribution is 0.351. The second-order valence-corrected chi connectivity index (χ2v) is 5.14. The molecule has 1 heteroatoms. The molecule has 0 amide bonds. The number of benzene rings is 1. The fourth-order valence-electron chi connectivity index (χ4n) is 2.25. The van der Waals surface area contributed by atoms with Gasteiger partial charge in [0.1, 0.15) is 0 Å². The van der Waals surface area contributed by atoms with E-state index in [0.717, 1.165) is 18.9 Å². The Bertz CT molecular complexity index is 286. The molecule has 1 aromatic carbocycles. The average Bonchev–Trinajstić information content (AvgIpc) is 2.32. The van der Waals surface area contributed by atoms with E-state index >= 15 is 0 Å². The number of hydrogen-bond acceptors (Lipinski definition) is 1. The first-order valence-corrected chi connectivity index (χ1v) is 6.40. The molecule has 0 heterocycles. The Balaban J connectivity index is 2.87. The highest BCUT2D eigenvalue weighted by atomic mass is 14.6. The summed E-state index contributed by atoms with van der Waals surface area (Å²) in [7, 11) is 0. The van der Waals surface area contributed by atoms with Gasteiger partial charge < -0.3 is 5.73 Å². The van der Waals surface area contributed by atoms with E-state index in [-0.39, 0.29) is 5.41 Å². The highest BCUT2D eigenvalue weighted by Crippen LogP contribution is 2.33. The fourth-order valence-corrected chi connectivity index (χ4v) is 2.25. The van der Waals surface area contributed by atoms with Gasteiger partial charge in [-0.25, -0.2) is 0 Å². The lowest BCUT2D eigenvalue weighted by Gasteiger charge is -2.33. The standard InChI is InChI=1S/C15H25N/c1-4-15(12-16,11-10-13(2)3)14-8-6-5-7-9-14/h5-9,13H,4,10-12,16H2,1-3H3. The number of nitrogens with two attached hydrogens (primary N) is 1. The minimum absolute atomic E-state index is 0.186. The second kappa shape index (κ2) is 6.05. The van der Waals surface area contributed by atoms with Crippen LogP contribution >= 0.6 is 0 Å². The maximum atomic E-state index is 6.04. The van der Waals surface area contributed by atoms with Crippen LogP contribution in [0.1, 0.15) is 45.6 Å². The van der Waals surface area contributed by atoms with E-state index in [1.165, 1.54) is 18.4 Å². The van der Waals surface area contributed by atoms with Gasteiger partial charge in [-0.05, 0) is 24.3 Å². The summed E-state index contributed by atoms with van der Waals surface area (Å²) in [5.74, 6) is 0.751. The van der Waals surface area contributed by atoms with Crippen LogP contribution in [0.15, 0.2) is 30.3 Å². The molecule has 1 atom stereocenters. The molecule has 1 unspecified atom stereocenters. The Kier molecular flexibility index (Phi) is 5.01. The van der Waals surface area contributed by atoms with E-state index in [1.807, 2.05) is 0 Å². The van der Waals surface area contributed by atoms with Crippen LogP contribution in [0, 0.1) is 5.92 Å². The number of hydrogen-bond donors (Lipinski definition) is 1. The monoisotopic (exact) mass is 219 g/mol. The lowest BCUT2D eigenvalue weighted by atomic mass is 9.73. The van der Waals surface area contributed by atoms with Crippen LogP contribution in [0.2, 0.25) is 0 Å². The van der Waals surface area contributed by atoms with Gasteiger partial charge >= 0.3 is 0 Å². The maximum absolute atomic E-state index is 6.04. The van der Waals surface area contributed by atoms with Gasteiger partial charge in [-0.2, -0.15) is 0 Å². The first-order chi connectivity index (χ1) is 7.64. The molecule has 0 fully saturated rings. The summed E-state index contributed by atoms with van der Waals surface area (Å²) < 4.78 is 0. The van der Waals surface area contributed by atoms with Gasteiger partial charge in [-0.1, -0.05) is 57.5 Å². The van der Waals surface area contributed by atoms with Crippen molar-refractivity contribution in [1.29, 1.82) is 0 Å². The molecule has 0 radical (unpaired) electrons. The Morgan fingerprint density at radius 3 is 2.25 bits per heavy atom. The molecule has 0 aromatic heterocycles. The largest absolute Gasteiger partial charge is 0.330 e. The van der Waals surface area contributed by atoms with Gasteiger partial charge in [0.2, 0.25) is 0 Å². The van der Waals surface area contributed by atoms with Gasteiger partial charge in [0.15, 0.2) is 0 Å². The molecule has 2 N–H and O–H groups in total. The minimum Gasteiger partial charge on any atom is -0.330 e. The van der Waals surface area contributed by atoms with Crippen molar-refractivity contribution >= 4 is 0 Å². The van der Waals surface area contributed by atoms with Crippen molar-refractivity contribution < 1.29 is 0 Å². The topological polar surface area (TPSA) is 26.0 Å². The quantitative estimate of drug-likeness (QED) is 0.775. The average molecular weight is 219 g/mol. The van der Waals surface area contributed by atoms with Crippen LogP contribution in [0.4, 0.5) is 0 Å². The molecule has 1 aromatic rings. The van der Waals surface area contributed by atoms with Crippen LogP contribution in [0.5, 0.6) is 0 Å². The maximum Gasteiger partial charge on any atom is 0.00730 e. The predicted octanol–water partition coefficient (Wildman–Crippen LogP) is 3.73.